The molecule has 0 amide bonds. The Morgan fingerprint density at radius 2 is 2.33 bits per heavy atom. The SMILES string of the molecule is C#CC(C)(C)c1ccn[nH]c1=O. The van der Waals surface area contributed by atoms with Gasteiger partial charge in [0.15, 0.2) is 0 Å². The van der Waals surface area contributed by atoms with Crippen LogP contribution in [0.4, 0.5) is 0 Å². The summed E-state index contributed by atoms with van der Waals surface area (Å²) in [6, 6.07) is 1.64. The molecule has 0 saturated carbocycles. The Labute approximate surface area is 70.8 Å². The van der Waals surface area contributed by atoms with Gasteiger partial charge in [-0.2, -0.15) is 5.10 Å². The van der Waals surface area contributed by atoms with E-state index in [1.807, 2.05) is 13.8 Å². The number of rotatable bonds is 1. The van der Waals surface area contributed by atoms with E-state index in [2.05, 4.69) is 16.1 Å². The van der Waals surface area contributed by atoms with Crippen LogP contribution in [0.5, 0.6) is 0 Å². The number of hydrogen-bond donors (Lipinski definition) is 1. The van der Waals surface area contributed by atoms with Crippen molar-refractivity contribution in [2.24, 2.45) is 0 Å². The Kier molecular flexibility index (Phi) is 2.01. The zero-order chi connectivity index (χ0) is 9.19. The number of aromatic nitrogens is 2. The highest BCUT2D eigenvalue weighted by Gasteiger charge is 2.20. The maximum atomic E-state index is 11.2. The lowest BCUT2D eigenvalue weighted by Crippen LogP contribution is -2.26. The van der Waals surface area contributed by atoms with E-state index in [0.29, 0.717) is 5.56 Å². The van der Waals surface area contributed by atoms with Crippen LogP contribution in [0.2, 0.25) is 0 Å². The highest BCUT2D eigenvalue weighted by atomic mass is 16.1. The quantitative estimate of drug-likeness (QED) is 0.617. The minimum atomic E-state index is -0.531. The summed E-state index contributed by atoms with van der Waals surface area (Å²) in [7, 11) is 0. The first-order valence-corrected chi connectivity index (χ1v) is 3.60. The third-order valence-corrected chi connectivity index (χ3v) is 1.76. The van der Waals surface area contributed by atoms with Crippen LogP contribution in [0.1, 0.15) is 19.4 Å². The van der Waals surface area contributed by atoms with Gasteiger partial charge in [-0.05, 0) is 19.9 Å². The van der Waals surface area contributed by atoms with Crippen LogP contribution in [0.25, 0.3) is 0 Å². The fourth-order valence-electron chi connectivity index (χ4n) is 0.914. The van der Waals surface area contributed by atoms with Gasteiger partial charge in [-0.1, -0.05) is 5.92 Å². The Hall–Kier alpha value is -1.56. The predicted molar refractivity (Wildman–Crippen MR) is 46.7 cm³/mol. The molecule has 0 fully saturated rings. The van der Waals surface area contributed by atoms with Crippen molar-refractivity contribution >= 4 is 0 Å². The minimum absolute atomic E-state index is 0.222. The fraction of sp³-hybridized carbons (Fsp3) is 0.333. The summed E-state index contributed by atoms with van der Waals surface area (Å²) >= 11 is 0. The number of H-pyrrole nitrogens is 1. The molecular weight excluding hydrogens is 152 g/mol. The number of terminal acetylenes is 1. The number of nitrogens with one attached hydrogen (secondary N) is 1. The molecule has 0 spiro atoms. The highest BCUT2D eigenvalue weighted by molar-refractivity contribution is 5.28. The van der Waals surface area contributed by atoms with Crippen molar-refractivity contribution in [3.63, 3.8) is 0 Å². The predicted octanol–water partition coefficient (Wildman–Crippen LogP) is 0.681. The van der Waals surface area contributed by atoms with Crippen LogP contribution in [0, 0.1) is 12.3 Å². The van der Waals surface area contributed by atoms with Crippen molar-refractivity contribution in [2.75, 3.05) is 0 Å². The van der Waals surface area contributed by atoms with Crippen molar-refractivity contribution in [1.29, 1.82) is 0 Å². The monoisotopic (exact) mass is 162 g/mol. The van der Waals surface area contributed by atoms with E-state index >= 15 is 0 Å². The standard InChI is InChI=1S/C9H10N2O/c1-4-9(2,3)7-5-6-10-11-8(7)12/h1,5-6H,2-3H3,(H,11,12). The Balaban J connectivity index is 3.32. The minimum Gasteiger partial charge on any atom is -0.268 e. The van der Waals surface area contributed by atoms with E-state index in [-0.39, 0.29) is 5.56 Å². The molecule has 0 aliphatic rings. The third-order valence-electron chi connectivity index (χ3n) is 1.76. The van der Waals surface area contributed by atoms with Gasteiger partial charge in [-0.15, -0.1) is 6.42 Å². The first kappa shape index (κ1) is 8.54. The normalized spacial score (nSPS) is 10.8. The van der Waals surface area contributed by atoms with E-state index < -0.39 is 5.41 Å². The van der Waals surface area contributed by atoms with Crippen LogP contribution in [-0.2, 0) is 5.41 Å². The van der Waals surface area contributed by atoms with E-state index in [0.717, 1.165) is 0 Å². The summed E-state index contributed by atoms with van der Waals surface area (Å²) in [6.45, 7) is 3.63. The molecule has 0 bridgehead atoms. The molecule has 3 heteroatoms. The Morgan fingerprint density at radius 1 is 1.67 bits per heavy atom. The molecule has 62 valence electrons. The van der Waals surface area contributed by atoms with E-state index in [9.17, 15) is 4.79 Å². The molecule has 0 radical (unpaired) electrons. The highest BCUT2D eigenvalue weighted by Crippen LogP contribution is 2.16. The van der Waals surface area contributed by atoms with Crippen molar-refractivity contribution in [1.82, 2.24) is 10.2 Å². The molecule has 3 nitrogen and oxygen atoms in total. The molecule has 1 N–H and O–H groups in total. The van der Waals surface area contributed by atoms with Crippen molar-refractivity contribution in [3.05, 3.63) is 28.2 Å². The summed E-state index contributed by atoms with van der Waals surface area (Å²) in [5.74, 6) is 2.55. The molecule has 1 aromatic heterocycles. The number of hydrogen-bond acceptors (Lipinski definition) is 2. The first-order valence-electron chi connectivity index (χ1n) is 3.60. The second kappa shape index (κ2) is 2.82. The van der Waals surface area contributed by atoms with E-state index in [1.54, 1.807) is 6.07 Å². The summed E-state index contributed by atoms with van der Waals surface area (Å²) in [4.78, 5) is 11.2. The molecule has 1 heterocycles. The molecule has 0 aromatic carbocycles. The summed E-state index contributed by atoms with van der Waals surface area (Å²) < 4.78 is 0. The van der Waals surface area contributed by atoms with E-state index in [4.69, 9.17) is 6.42 Å². The third kappa shape index (κ3) is 1.37. The largest absolute Gasteiger partial charge is 0.268 e. The van der Waals surface area contributed by atoms with Gasteiger partial charge in [0.2, 0.25) is 0 Å². The molecular formula is C9H10N2O. The lowest BCUT2D eigenvalue weighted by atomic mass is 9.87. The second-order valence-corrected chi connectivity index (χ2v) is 3.07. The smallest absolute Gasteiger partial charge is 0.268 e. The van der Waals surface area contributed by atoms with E-state index in [1.165, 1.54) is 6.20 Å². The average Bonchev–Trinajstić information content (AvgIpc) is 2.05. The van der Waals surface area contributed by atoms with Gasteiger partial charge in [-0.25, -0.2) is 5.10 Å². The maximum absolute atomic E-state index is 11.2. The molecule has 0 aliphatic carbocycles. The van der Waals surface area contributed by atoms with Crippen LogP contribution < -0.4 is 5.56 Å². The number of aromatic amines is 1. The van der Waals surface area contributed by atoms with Gasteiger partial charge in [0.1, 0.15) is 0 Å². The molecule has 1 aromatic rings. The average molecular weight is 162 g/mol. The lowest BCUT2D eigenvalue weighted by molar-refractivity contribution is 0.679. The second-order valence-electron chi connectivity index (χ2n) is 3.07. The van der Waals surface area contributed by atoms with Gasteiger partial charge in [0.25, 0.3) is 5.56 Å². The van der Waals surface area contributed by atoms with Gasteiger partial charge < -0.3 is 0 Å². The topological polar surface area (TPSA) is 45.8 Å². The zero-order valence-corrected chi connectivity index (χ0v) is 7.09. The molecule has 12 heavy (non-hydrogen) atoms. The molecule has 0 saturated heterocycles. The maximum Gasteiger partial charge on any atom is 0.268 e. The van der Waals surface area contributed by atoms with Gasteiger partial charge in [0, 0.05) is 11.8 Å². The van der Waals surface area contributed by atoms with Gasteiger partial charge >= 0.3 is 0 Å². The zero-order valence-electron chi connectivity index (χ0n) is 7.09. The van der Waals surface area contributed by atoms with Crippen molar-refractivity contribution < 1.29 is 0 Å². The summed E-state index contributed by atoms with van der Waals surface area (Å²) in [5, 5.41) is 5.93. The summed E-state index contributed by atoms with van der Waals surface area (Å²) in [5.41, 5.74) is -0.184. The number of nitrogens with zero attached hydrogens (tertiary/aromatic N) is 1. The van der Waals surface area contributed by atoms with Crippen LogP contribution in [0.3, 0.4) is 0 Å². The molecule has 0 unspecified atom stereocenters. The Morgan fingerprint density at radius 3 is 2.83 bits per heavy atom. The first-order chi connectivity index (χ1) is 5.58. The van der Waals surface area contributed by atoms with Crippen molar-refractivity contribution in [2.45, 2.75) is 19.3 Å². The Bertz CT molecular complexity index is 371. The summed E-state index contributed by atoms with van der Waals surface area (Å²) in [6.07, 6.45) is 6.81. The molecule has 1 rings (SSSR count). The van der Waals surface area contributed by atoms with Crippen LogP contribution in [-0.4, -0.2) is 10.2 Å². The van der Waals surface area contributed by atoms with Crippen molar-refractivity contribution in [3.8, 4) is 12.3 Å². The van der Waals surface area contributed by atoms with Gasteiger partial charge in [-0.3, -0.25) is 4.79 Å². The van der Waals surface area contributed by atoms with Crippen LogP contribution >= 0.6 is 0 Å². The molecule has 0 aliphatic heterocycles. The lowest BCUT2D eigenvalue weighted by Gasteiger charge is -2.15. The molecule has 0 atom stereocenters. The van der Waals surface area contributed by atoms with Gasteiger partial charge in [0.05, 0.1) is 5.41 Å². The fourth-order valence-corrected chi connectivity index (χ4v) is 0.914. The van der Waals surface area contributed by atoms with Crippen LogP contribution in [0.15, 0.2) is 17.1 Å².